The van der Waals surface area contributed by atoms with E-state index in [1.54, 1.807) is 0 Å². The molecule has 2 unspecified atom stereocenters. The van der Waals surface area contributed by atoms with Gasteiger partial charge in [-0.3, -0.25) is 9.59 Å². The Hall–Kier alpha value is -4.31. The largest absolute Gasteiger partial charge is 0.545 e. The second-order valence-electron chi connectivity index (χ2n) is 24.8. The first kappa shape index (κ1) is 82.7. The summed E-state index contributed by atoms with van der Waals surface area (Å²) in [6.07, 6.45) is 92.8. The molecule has 0 radical (unpaired) electrons. The normalized spacial score (nSPS) is 13.4. The van der Waals surface area contributed by atoms with Gasteiger partial charge in [0.25, 0.3) is 0 Å². The molecule has 0 spiro atoms. The number of likely N-dealkylation sites (N-methyl/N-ethyl adjacent to an activating group) is 1. The molecule has 0 aromatic heterocycles. The molecule has 0 amide bonds. The van der Waals surface area contributed by atoms with Crippen molar-refractivity contribution in [1.29, 1.82) is 0 Å². The van der Waals surface area contributed by atoms with E-state index in [9.17, 15) is 19.5 Å². The number of hydrogen-bond donors (Lipinski definition) is 0. The van der Waals surface area contributed by atoms with Gasteiger partial charge in [0.05, 0.1) is 40.3 Å². The zero-order chi connectivity index (χ0) is 63.3. The molecule has 0 aliphatic carbocycles. The third kappa shape index (κ3) is 69.0. The Balaban J connectivity index is 4.21. The number of esters is 2. The van der Waals surface area contributed by atoms with Crippen LogP contribution in [0.25, 0.3) is 0 Å². The van der Waals surface area contributed by atoms with Crippen molar-refractivity contribution in [2.45, 2.75) is 309 Å². The van der Waals surface area contributed by atoms with Gasteiger partial charge in [-0.2, -0.15) is 0 Å². The summed E-state index contributed by atoms with van der Waals surface area (Å²) in [5.74, 6) is -2.32. The van der Waals surface area contributed by atoms with Crippen LogP contribution in [-0.4, -0.2) is 82.3 Å². The number of ether oxygens (including phenoxy) is 4. The van der Waals surface area contributed by atoms with Crippen LogP contribution in [0.15, 0.2) is 122 Å². The summed E-state index contributed by atoms with van der Waals surface area (Å²) in [5, 5.41) is 11.8. The van der Waals surface area contributed by atoms with Crippen LogP contribution >= 0.6 is 0 Å². The molecule has 0 aliphatic rings. The smallest absolute Gasteiger partial charge is 0.306 e. The summed E-state index contributed by atoms with van der Waals surface area (Å²) in [6.45, 7) is 4.63. The zero-order valence-electron chi connectivity index (χ0n) is 56.9. The van der Waals surface area contributed by atoms with Crippen molar-refractivity contribution < 1.29 is 42.9 Å². The number of carboxylic acids is 1. The Morgan fingerprint density at radius 1 is 0.356 bits per heavy atom. The molecule has 0 fully saturated rings. The fourth-order valence-corrected chi connectivity index (χ4v) is 9.80. The van der Waals surface area contributed by atoms with E-state index < -0.39 is 24.3 Å². The Morgan fingerprint density at radius 3 is 0.977 bits per heavy atom. The molecule has 0 aromatic rings. The molecule has 0 aliphatic heterocycles. The molecule has 87 heavy (non-hydrogen) atoms. The molecule has 9 heteroatoms. The van der Waals surface area contributed by atoms with Crippen LogP contribution in [0.3, 0.4) is 0 Å². The van der Waals surface area contributed by atoms with Crippen molar-refractivity contribution in [3.63, 3.8) is 0 Å². The summed E-state index contributed by atoms with van der Waals surface area (Å²) >= 11 is 0. The second kappa shape index (κ2) is 67.6. The molecule has 0 rings (SSSR count). The third-order valence-corrected chi connectivity index (χ3v) is 15.2. The molecule has 0 bridgehead atoms. The average molecular weight is 1210 g/mol. The topological polar surface area (TPSA) is 111 Å². The van der Waals surface area contributed by atoms with Crippen LogP contribution in [0, 0.1) is 0 Å². The Bertz CT molecular complexity index is 1840. The molecule has 498 valence electrons. The van der Waals surface area contributed by atoms with Gasteiger partial charge in [-0.25, -0.2) is 0 Å². The van der Waals surface area contributed by atoms with Crippen LogP contribution in [0.2, 0.25) is 0 Å². The number of nitrogens with zero attached hydrogens (tertiary/aromatic N) is 1. The number of unbranched alkanes of at least 4 members (excludes halogenated alkanes) is 30. The van der Waals surface area contributed by atoms with Gasteiger partial charge < -0.3 is 33.3 Å². The highest BCUT2D eigenvalue weighted by molar-refractivity contribution is 5.70. The quantitative estimate of drug-likeness (QED) is 0.0195. The fourth-order valence-electron chi connectivity index (χ4n) is 9.80. The summed E-state index contributed by atoms with van der Waals surface area (Å²) < 4.78 is 22.8. The van der Waals surface area contributed by atoms with Crippen molar-refractivity contribution in [3.05, 3.63) is 122 Å². The number of allylic oxidation sites excluding steroid dienone is 20. The van der Waals surface area contributed by atoms with Gasteiger partial charge in [0, 0.05) is 12.8 Å². The molecule has 0 N–H and O–H groups in total. The predicted molar refractivity (Wildman–Crippen MR) is 370 cm³/mol. The fraction of sp³-hybridized carbons (Fsp3) is 0.705. The van der Waals surface area contributed by atoms with E-state index in [-0.39, 0.29) is 38.6 Å². The van der Waals surface area contributed by atoms with Crippen LogP contribution in [0.5, 0.6) is 0 Å². The lowest BCUT2D eigenvalue weighted by Gasteiger charge is -2.26. The minimum absolute atomic E-state index is 0.138. The minimum Gasteiger partial charge on any atom is -0.545 e. The summed E-state index contributed by atoms with van der Waals surface area (Å²) in [7, 11) is 5.92. The molecule has 0 saturated carbocycles. The number of carboxylic acid groups (broad SMARTS) is 1. The van der Waals surface area contributed by atoms with E-state index in [1.165, 1.54) is 154 Å². The molecular weight excluding hydrogens is 1080 g/mol. The van der Waals surface area contributed by atoms with Gasteiger partial charge in [-0.1, -0.05) is 315 Å². The zero-order valence-corrected chi connectivity index (χ0v) is 56.9. The Morgan fingerprint density at radius 2 is 0.655 bits per heavy atom. The van der Waals surface area contributed by atoms with Gasteiger partial charge in [-0.15, -0.1) is 0 Å². The maximum atomic E-state index is 12.9. The molecule has 0 aromatic carbocycles. The molecule has 9 nitrogen and oxygen atoms in total. The van der Waals surface area contributed by atoms with E-state index in [4.69, 9.17) is 18.9 Å². The molecule has 0 heterocycles. The van der Waals surface area contributed by atoms with Crippen molar-refractivity contribution in [2.75, 3.05) is 47.5 Å². The average Bonchev–Trinajstić information content (AvgIpc) is 3.56. The van der Waals surface area contributed by atoms with E-state index in [0.29, 0.717) is 17.4 Å². The molecular formula is C78H133NO8. The molecule has 2 atom stereocenters. The summed E-state index contributed by atoms with van der Waals surface area (Å²) in [6, 6.07) is 0. The van der Waals surface area contributed by atoms with Gasteiger partial charge in [-0.05, 0) is 89.9 Å². The van der Waals surface area contributed by atoms with Crippen molar-refractivity contribution in [1.82, 2.24) is 0 Å². The minimum atomic E-state index is -1.64. The van der Waals surface area contributed by atoms with Gasteiger partial charge in [0.15, 0.2) is 12.4 Å². The number of aliphatic carboxylic acids is 1. The second-order valence-corrected chi connectivity index (χ2v) is 24.8. The van der Waals surface area contributed by atoms with Crippen molar-refractivity contribution in [3.8, 4) is 0 Å². The summed E-state index contributed by atoms with van der Waals surface area (Å²) in [5.41, 5.74) is 0. The third-order valence-electron chi connectivity index (χ3n) is 15.2. The lowest BCUT2D eigenvalue weighted by Crippen LogP contribution is -2.44. The number of quaternary nitrogens is 1. The van der Waals surface area contributed by atoms with Crippen LogP contribution in [0.1, 0.15) is 296 Å². The van der Waals surface area contributed by atoms with Crippen LogP contribution in [0.4, 0.5) is 0 Å². The van der Waals surface area contributed by atoms with Gasteiger partial charge in [0.2, 0.25) is 0 Å². The first-order valence-electron chi connectivity index (χ1n) is 35.7. The maximum absolute atomic E-state index is 12.9. The number of carbonyl (C=O) groups is 3. The lowest BCUT2D eigenvalue weighted by atomic mass is 10.0. The van der Waals surface area contributed by atoms with E-state index in [0.717, 1.165) is 109 Å². The monoisotopic (exact) mass is 1210 g/mol. The van der Waals surface area contributed by atoms with Crippen molar-refractivity contribution in [2.24, 2.45) is 0 Å². The Labute approximate surface area is 536 Å². The standard InChI is InChI=1S/C78H133NO8/c1-6-8-10-12-14-16-18-20-22-24-26-28-30-32-34-35-36-37-38-39-40-41-43-45-47-49-51-53-55-57-59-61-63-65-67-69-76(81)87-74(73-86-78(77(82)83)84-71-70-79(3,4)5)72-85-75(80)68-66-64-62-60-58-56-54-52-50-48-46-44-42-33-31-29-27-25-23-21-19-17-15-13-11-9-7-2/h8,10,14,16,20,22,26,28,32,34,36-37,39-40,43,45,49,51,55,57,74,78H,6-7,9,11-13,15,17-19,21,23-25,27,29-31,33,35,38,41-42,44,46-48,50,52-54,56,58-73H2,1-5H3/b10-8-,16-14-,22-20-,28-26-,34-32-,37-36-,40-39-,45-43-,51-49-,57-55-. The number of hydrogen-bond acceptors (Lipinski definition) is 8. The number of rotatable bonds is 65. The maximum Gasteiger partial charge on any atom is 0.306 e. The number of carbonyl (C=O) groups excluding carboxylic acids is 3. The molecule has 0 saturated heterocycles. The van der Waals surface area contributed by atoms with Crippen LogP contribution in [-0.2, 0) is 33.3 Å². The van der Waals surface area contributed by atoms with E-state index in [2.05, 4.69) is 135 Å². The van der Waals surface area contributed by atoms with Crippen LogP contribution < -0.4 is 5.11 Å². The highest BCUT2D eigenvalue weighted by Crippen LogP contribution is 2.17. The first-order chi connectivity index (χ1) is 42.6. The van der Waals surface area contributed by atoms with Gasteiger partial charge >= 0.3 is 11.9 Å². The van der Waals surface area contributed by atoms with E-state index >= 15 is 0 Å². The first-order valence-corrected chi connectivity index (χ1v) is 35.7. The van der Waals surface area contributed by atoms with Crippen molar-refractivity contribution >= 4 is 17.9 Å². The van der Waals surface area contributed by atoms with E-state index in [1.807, 2.05) is 21.1 Å². The SMILES string of the molecule is CC/C=C\C/C=C\C/C=C\C/C=C\C/C=C\C/C=C\C/C=C\C/C=C\C/C=C\C/C=C\CCCCCCC(=O)OC(COC(=O)CCCCCCCCCCCCCCCCCCCCCCCCCCCCC)COC(OCC[N+](C)(C)C)C(=O)[O-]. The summed E-state index contributed by atoms with van der Waals surface area (Å²) in [4.78, 5) is 37.5. The van der Waals surface area contributed by atoms with Gasteiger partial charge in [0.1, 0.15) is 13.2 Å². The predicted octanol–water partition coefficient (Wildman–Crippen LogP) is 21.0. The lowest BCUT2D eigenvalue weighted by molar-refractivity contribution is -0.870. The highest BCUT2D eigenvalue weighted by Gasteiger charge is 2.22. The Kier molecular flexibility index (Phi) is 64.3. The highest BCUT2D eigenvalue weighted by atomic mass is 16.7.